The van der Waals surface area contributed by atoms with Gasteiger partial charge in [0, 0.05) is 22.5 Å². The normalized spacial score (nSPS) is 12.5. The van der Waals surface area contributed by atoms with Crippen LogP contribution in [0.3, 0.4) is 0 Å². The first-order chi connectivity index (χ1) is 10.2. The standard InChI is InChI=1S/C17H23ClN2S/c1-3-8-19-11-15(10-17-20-13(2)12-21-17)9-14-4-6-16(18)7-5-14/h4-7,12,15,19H,3,8-11H2,1-2H3. The molecule has 1 aromatic heterocycles. The first-order valence-corrected chi connectivity index (χ1v) is 8.79. The van der Waals surface area contributed by atoms with Crippen LogP contribution in [0.5, 0.6) is 0 Å². The number of hydrogen-bond acceptors (Lipinski definition) is 3. The first-order valence-electron chi connectivity index (χ1n) is 7.53. The first kappa shape index (κ1) is 16.5. The van der Waals surface area contributed by atoms with Gasteiger partial charge in [0.25, 0.3) is 0 Å². The van der Waals surface area contributed by atoms with E-state index in [2.05, 4.69) is 41.7 Å². The van der Waals surface area contributed by atoms with Gasteiger partial charge in [0.2, 0.25) is 0 Å². The number of halogens is 1. The lowest BCUT2D eigenvalue weighted by Crippen LogP contribution is -2.26. The quantitative estimate of drug-likeness (QED) is 0.723. The van der Waals surface area contributed by atoms with Crippen LogP contribution in [0.25, 0.3) is 0 Å². The number of aryl methyl sites for hydroxylation is 1. The highest BCUT2D eigenvalue weighted by molar-refractivity contribution is 7.09. The van der Waals surface area contributed by atoms with Crippen LogP contribution in [0.2, 0.25) is 5.02 Å². The van der Waals surface area contributed by atoms with Crippen LogP contribution >= 0.6 is 22.9 Å². The van der Waals surface area contributed by atoms with Gasteiger partial charge in [-0.2, -0.15) is 0 Å². The summed E-state index contributed by atoms with van der Waals surface area (Å²) in [4.78, 5) is 4.60. The summed E-state index contributed by atoms with van der Waals surface area (Å²) < 4.78 is 0. The van der Waals surface area contributed by atoms with Crippen molar-refractivity contribution in [2.45, 2.75) is 33.1 Å². The lowest BCUT2D eigenvalue weighted by molar-refractivity contribution is 0.470. The molecule has 21 heavy (non-hydrogen) atoms. The second-order valence-corrected chi connectivity index (χ2v) is 6.87. The van der Waals surface area contributed by atoms with Gasteiger partial charge >= 0.3 is 0 Å². The van der Waals surface area contributed by atoms with Crippen LogP contribution in [0, 0.1) is 12.8 Å². The minimum atomic E-state index is 0.572. The zero-order valence-corrected chi connectivity index (χ0v) is 14.3. The van der Waals surface area contributed by atoms with Crippen LogP contribution in [0.15, 0.2) is 29.6 Å². The topological polar surface area (TPSA) is 24.9 Å². The fourth-order valence-electron chi connectivity index (χ4n) is 2.40. The molecule has 2 aromatic rings. The van der Waals surface area contributed by atoms with Gasteiger partial charge in [-0.3, -0.25) is 0 Å². The number of nitrogens with zero attached hydrogens (tertiary/aromatic N) is 1. The largest absolute Gasteiger partial charge is 0.316 e. The van der Waals surface area contributed by atoms with E-state index in [1.54, 1.807) is 11.3 Å². The molecule has 0 bridgehead atoms. The molecule has 2 rings (SSSR count). The molecule has 0 fully saturated rings. The predicted molar refractivity (Wildman–Crippen MR) is 92.4 cm³/mol. The lowest BCUT2D eigenvalue weighted by atomic mass is 9.96. The summed E-state index contributed by atoms with van der Waals surface area (Å²) in [6.45, 7) is 6.37. The maximum Gasteiger partial charge on any atom is 0.0931 e. The third kappa shape index (κ3) is 5.77. The molecule has 0 aliphatic carbocycles. The van der Waals surface area contributed by atoms with E-state index in [-0.39, 0.29) is 0 Å². The maximum atomic E-state index is 5.96. The van der Waals surface area contributed by atoms with Crippen molar-refractivity contribution in [3.63, 3.8) is 0 Å². The molecule has 1 N–H and O–H groups in total. The van der Waals surface area contributed by atoms with Crippen LogP contribution in [-0.4, -0.2) is 18.1 Å². The Labute approximate surface area is 136 Å². The lowest BCUT2D eigenvalue weighted by Gasteiger charge is -2.16. The van der Waals surface area contributed by atoms with E-state index in [9.17, 15) is 0 Å². The highest BCUT2D eigenvalue weighted by Crippen LogP contribution is 2.19. The number of aromatic nitrogens is 1. The Hall–Kier alpha value is -0.900. The zero-order valence-electron chi connectivity index (χ0n) is 12.7. The number of nitrogens with one attached hydrogen (secondary N) is 1. The molecule has 0 saturated carbocycles. The number of hydrogen-bond donors (Lipinski definition) is 1. The van der Waals surface area contributed by atoms with Crippen molar-refractivity contribution < 1.29 is 0 Å². The summed E-state index contributed by atoms with van der Waals surface area (Å²) >= 11 is 7.73. The van der Waals surface area contributed by atoms with Crippen molar-refractivity contribution in [2.75, 3.05) is 13.1 Å². The predicted octanol–water partition coefficient (Wildman–Crippen LogP) is 4.51. The highest BCUT2D eigenvalue weighted by atomic mass is 35.5. The third-order valence-electron chi connectivity index (χ3n) is 3.43. The molecule has 0 aliphatic heterocycles. The summed E-state index contributed by atoms with van der Waals surface area (Å²) in [5, 5.41) is 7.72. The molecule has 1 unspecified atom stereocenters. The summed E-state index contributed by atoms with van der Waals surface area (Å²) in [5.41, 5.74) is 2.47. The maximum absolute atomic E-state index is 5.96. The van der Waals surface area contributed by atoms with Gasteiger partial charge in [-0.05, 0) is 56.5 Å². The van der Waals surface area contributed by atoms with E-state index in [1.807, 2.05) is 12.1 Å². The third-order valence-corrected chi connectivity index (χ3v) is 4.67. The fourth-order valence-corrected chi connectivity index (χ4v) is 3.41. The van der Waals surface area contributed by atoms with Crippen LogP contribution in [0.4, 0.5) is 0 Å². The second-order valence-electron chi connectivity index (χ2n) is 5.49. The summed E-state index contributed by atoms with van der Waals surface area (Å²) in [5.74, 6) is 0.572. The minimum Gasteiger partial charge on any atom is -0.316 e. The Balaban J connectivity index is 1.98. The Morgan fingerprint density at radius 2 is 2.00 bits per heavy atom. The van der Waals surface area contributed by atoms with E-state index in [4.69, 9.17) is 11.6 Å². The Kier molecular flexibility index (Phi) is 6.68. The summed E-state index contributed by atoms with van der Waals surface area (Å²) in [6.07, 6.45) is 3.27. The van der Waals surface area contributed by atoms with Crippen LogP contribution in [-0.2, 0) is 12.8 Å². The highest BCUT2D eigenvalue weighted by Gasteiger charge is 2.13. The van der Waals surface area contributed by atoms with Gasteiger partial charge in [0.05, 0.1) is 5.01 Å². The molecule has 1 atom stereocenters. The Morgan fingerprint density at radius 1 is 1.24 bits per heavy atom. The molecule has 0 aliphatic rings. The van der Waals surface area contributed by atoms with Gasteiger partial charge in [-0.15, -0.1) is 11.3 Å². The molecule has 0 amide bonds. The van der Waals surface area contributed by atoms with Crippen LogP contribution < -0.4 is 5.32 Å². The molecular weight excluding hydrogens is 300 g/mol. The molecule has 114 valence electrons. The average molecular weight is 323 g/mol. The minimum absolute atomic E-state index is 0.572. The van der Waals surface area contributed by atoms with E-state index < -0.39 is 0 Å². The monoisotopic (exact) mass is 322 g/mol. The van der Waals surface area contributed by atoms with Gasteiger partial charge in [0.1, 0.15) is 0 Å². The van der Waals surface area contributed by atoms with Gasteiger partial charge in [-0.1, -0.05) is 30.7 Å². The molecule has 4 heteroatoms. The molecule has 0 spiro atoms. The van der Waals surface area contributed by atoms with Crippen molar-refractivity contribution in [2.24, 2.45) is 5.92 Å². The zero-order chi connectivity index (χ0) is 15.1. The molecular formula is C17H23ClN2S. The van der Waals surface area contributed by atoms with Crippen molar-refractivity contribution in [3.8, 4) is 0 Å². The van der Waals surface area contributed by atoms with E-state index >= 15 is 0 Å². The smallest absolute Gasteiger partial charge is 0.0931 e. The Bertz CT molecular complexity index is 536. The molecule has 0 radical (unpaired) electrons. The molecule has 1 heterocycles. The fraction of sp³-hybridized carbons (Fsp3) is 0.471. The van der Waals surface area contributed by atoms with E-state index in [0.29, 0.717) is 5.92 Å². The van der Waals surface area contributed by atoms with Crippen LogP contribution in [0.1, 0.15) is 29.6 Å². The summed E-state index contributed by atoms with van der Waals surface area (Å²) in [7, 11) is 0. The van der Waals surface area contributed by atoms with E-state index in [1.165, 1.54) is 17.0 Å². The van der Waals surface area contributed by atoms with E-state index in [0.717, 1.165) is 36.6 Å². The molecule has 0 saturated heterocycles. The average Bonchev–Trinajstić information content (AvgIpc) is 2.87. The number of thiazole rings is 1. The van der Waals surface area contributed by atoms with Gasteiger partial charge in [-0.25, -0.2) is 4.98 Å². The summed E-state index contributed by atoms with van der Waals surface area (Å²) in [6, 6.07) is 8.20. The van der Waals surface area contributed by atoms with Gasteiger partial charge in [0.15, 0.2) is 0 Å². The van der Waals surface area contributed by atoms with Crippen molar-refractivity contribution in [1.82, 2.24) is 10.3 Å². The van der Waals surface area contributed by atoms with Crippen molar-refractivity contribution in [3.05, 3.63) is 50.9 Å². The SMILES string of the molecule is CCCNCC(Cc1ccc(Cl)cc1)Cc1nc(C)cs1. The van der Waals surface area contributed by atoms with Gasteiger partial charge < -0.3 is 5.32 Å². The number of rotatable bonds is 8. The Morgan fingerprint density at radius 3 is 2.62 bits per heavy atom. The molecule has 2 nitrogen and oxygen atoms in total. The second kappa shape index (κ2) is 8.52. The molecule has 1 aromatic carbocycles. The number of benzene rings is 1. The van der Waals surface area contributed by atoms with Crippen molar-refractivity contribution in [1.29, 1.82) is 0 Å². The van der Waals surface area contributed by atoms with Crippen molar-refractivity contribution >= 4 is 22.9 Å².